The van der Waals surface area contributed by atoms with Gasteiger partial charge in [0.2, 0.25) is 5.96 Å². The van der Waals surface area contributed by atoms with Gasteiger partial charge < -0.3 is 10.1 Å². The fourth-order valence-electron chi connectivity index (χ4n) is 3.98. The van der Waals surface area contributed by atoms with Crippen LogP contribution in [0, 0.1) is 0 Å². The SMILES string of the molecule is CC(C)Oc1cccc(N2C(=NCc3cccc4ccccc34)Nc3ccncc3S2(=O)=O)c1. The molecule has 3 aromatic carbocycles. The number of hydrogen-bond donors (Lipinski definition) is 1. The molecule has 0 aliphatic carbocycles. The number of aromatic nitrogens is 1. The van der Waals surface area contributed by atoms with E-state index in [9.17, 15) is 8.42 Å². The van der Waals surface area contributed by atoms with Crippen LogP contribution < -0.4 is 14.4 Å². The van der Waals surface area contributed by atoms with Crippen LogP contribution in [0.1, 0.15) is 19.4 Å². The molecule has 4 aromatic rings. The van der Waals surface area contributed by atoms with Crippen LogP contribution in [0.5, 0.6) is 5.75 Å². The van der Waals surface area contributed by atoms with Gasteiger partial charge in [0.05, 0.1) is 24.0 Å². The van der Waals surface area contributed by atoms with Crippen LogP contribution in [0.3, 0.4) is 0 Å². The van der Waals surface area contributed by atoms with Crippen LogP contribution in [-0.4, -0.2) is 25.5 Å². The van der Waals surface area contributed by atoms with Crippen LogP contribution in [0.4, 0.5) is 11.4 Å². The third-order valence-corrected chi connectivity index (χ3v) is 7.19. The van der Waals surface area contributed by atoms with Crippen LogP contribution >= 0.6 is 0 Å². The average Bonchev–Trinajstić information content (AvgIpc) is 2.82. The van der Waals surface area contributed by atoms with Crippen molar-refractivity contribution in [2.75, 3.05) is 9.62 Å². The minimum Gasteiger partial charge on any atom is -0.491 e. The van der Waals surface area contributed by atoms with Gasteiger partial charge in [-0.3, -0.25) is 4.98 Å². The molecule has 0 saturated carbocycles. The van der Waals surface area contributed by atoms with Gasteiger partial charge in [0.25, 0.3) is 10.0 Å². The first kappa shape index (κ1) is 21.9. The van der Waals surface area contributed by atoms with E-state index in [0.717, 1.165) is 16.3 Å². The number of aliphatic imine (C=N–C) groups is 1. The highest BCUT2D eigenvalue weighted by Crippen LogP contribution is 2.34. The van der Waals surface area contributed by atoms with Crippen LogP contribution in [0.25, 0.3) is 10.8 Å². The second kappa shape index (κ2) is 8.79. The fraction of sp³-hybridized carbons (Fsp3) is 0.154. The van der Waals surface area contributed by atoms with Crippen molar-refractivity contribution in [1.82, 2.24) is 4.98 Å². The van der Waals surface area contributed by atoms with Crippen LogP contribution in [-0.2, 0) is 16.6 Å². The summed E-state index contributed by atoms with van der Waals surface area (Å²) in [5.41, 5.74) is 1.87. The van der Waals surface area contributed by atoms with E-state index in [2.05, 4.69) is 10.3 Å². The molecule has 1 aliphatic rings. The summed E-state index contributed by atoms with van der Waals surface area (Å²) < 4.78 is 34.4. The zero-order valence-corrected chi connectivity index (χ0v) is 19.7. The maximum Gasteiger partial charge on any atom is 0.274 e. The Kier molecular flexibility index (Phi) is 5.67. The minimum absolute atomic E-state index is 0.0456. The molecule has 172 valence electrons. The van der Waals surface area contributed by atoms with Crippen molar-refractivity contribution < 1.29 is 13.2 Å². The van der Waals surface area contributed by atoms with Crippen molar-refractivity contribution in [3.63, 3.8) is 0 Å². The lowest BCUT2D eigenvalue weighted by Gasteiger charge is -2.31. The molecule has 0 fully saturated rings. The summed E-state index contributed by atoms with van der Waals surface area (Å²) >= 11 is 0. The lowest BCUT2D eigenvalue weighted by Crippen LogP contribution is -2.45. The summed E-state index contributed by atoms with van der Waals surface area (Å²) in [7, 11) is -3.96. The van der Waals surface area contributed by atoms with Gasteiger partial charge in [0, 0.05) is 18.5 Å². The van der Waals surface area contributed by atoms with E-state index in [1.54, 1.807) is 36.5 Å². The van der Waals surface area contributed by atoms with Crippen molar-refractivity contribution in [2.45, 2.75) is 31.4 Å². The van der Waals surface area contributed by atoms with E-state index in [1.165, 1.54) is 10.5 Å². The number of nitrogens with one attached hydrogen (secondary N) is 1. The summed E-state index contributed by atoms with van der Waals surface area (Å²) in [6.45, 7) is 4.15. The summed E-state index contributed by atoms with van der Waals surface area (Å²) in [6.07, 6.45) is 2.85. The second-order valence-corrected chi connectivity index (χ2v) is 9.96. The average molecular weight is 473 g/mol. The van der Waals surface area contributed by atoms with Gasteiger partial charge in [0.1, 0.15) is 10.6 Å². The molecule has 2 heterocycles. The Bertz CT molecular complexity index is 1490. The number of ether oxygens (including phenoxy) is 1. The first-order chi connectivity index (χ1) is 16.4. The highest BCUT2D eigenvalue weighted by molar-refractivity contribution is 7.94. The molecule has 1 aromatic heterocycles. The molecule has 0 radical (unpaired) electrons. The van der Waals surface area contributed by atoms with Crippen LogP contribution in [0.15, 0.2) is 95.1 Å². The normalized spacial score (nSPS) is 15.9. The Balaban J connectivity index is 1.62. The zero-order valence-electron chi connectivity index (χ0n) is 18.8. The number of hydrogen-bond acceptors (Lipinski definition) is 5. The summed E-state index contributed by atoms with van der Waals surface area (Å²) in [4.78, 5) is 8.85. The molecular weight excluding hydrogens is 448 g/mol. The Morgan fingerprint density at radius 1 is 1.03 bits per heavy atom. The molecular formula is C26H24N4O3S. The molecule has 8 heteroatoms. The number of benzene rings is 3. The second-order valence-electron chi connectivity index (χ2n) is 8.21. The summed E-state index contributed by atoms with van der Waals surface area (Å²) in [5, 5.41) is 5.38. The molecule has 0 spiro atoms. The number of nitrogens with zero attached hydrogens (tertiary/aromatic N) is 3. The number of anilines is 2. The number of pyridine rings is 1. The molecule has 1 N–H and O–H groups in total. The smallest absolute Gasteiger partial charge is 0.274 e. The van der Waals surface area contributed by atoms with Gasteiger partial charge in [-0.05, 0) is 48.4 Å². The Hall–Kier alpha value is -3.91. The highest BCUT2D eigenvalue weighted by atomic mass is 32.2. The summed E-state index contributed by atoms with van der Waals surface area (Å²) in [6, 6.07) is 22.7. The number of guanidine groups is 1. The van der Waals surface area contributed by atoms with E-state index >= 15 is 0 Å². The predicted molar refractivity (Wildman–Crippen MR) is 135 cm³/mol. The third-order valence-electron chi connectivity index (χ3n) is 5.44. The molecule has 0 bridgehead atoms. The van der Waals surface area contributed by atoms with Crippen molar-refractivity contribution in [3.8, 4) is 5.75 Å². The number of sulfonamides is 1. The third kappa shape index (κ3) is 4.08. The minimum atomic E-state index is -3.96. The number of fused-ring (bicyclic) bond motifs is 2. The van der Waals surface area contributed by atoms with E-state index in [-0.39, 0.29) is 17.0 Å². The molecule has 1 aliphatic heterocycles. The lowest BCUT2D eigenvalue weighted by molar-refractivity contribution is 0.242. The van der Waals surface area contributed by atoms with Gasteiger partial charge in [-0.1, -0.05) is 48.5 Å². The lowest BCUT2D eigenvalue weighted by atomic mass is 10.1. The first-order valence-electron chi connectivity index (χ1n) is 11.0. The predicted octanol–water partition coefficient (Wildman–Crippen LogP) is 5.20. The van der Waals surface area contributed by atoms with Gasteiger partial charge in [0.15, 0.2) is 0 Å². The molecule has 0 saturated heterocycles. The van der Waals surface area contributed by atoms with Crippen LogP contribution in [0.2, 0.25) is 0 Å². The van der Waals surface area contributed by atoms with Crippen molar-refractivity contribution in [3.05, 3.63) is 90.8 Å². The standard InChI is InChI=1S/C26H24N4O3S/c1-18(2)33-22-11-6-10-21(15-22)30-26(29-24-13-14-27-17-25(24)34(30,31)32)28-16-20-9-5-8-19-7-3-4-12-23(19)20/h3-15,17-18H,16H2,1-2H3,(H,28,29). The molecule has 0 unspecified atom stereocenters. The maximum atomic E-state index is 13.7. The first-order valence-corrected chi connectivity index (χ1v) is 12.4. The largest absolute Gasteiger partial charge is 0.491 e. The van der Waals surface area contributed by atoms with Crippen molar-refractivity contribution in [2.24, 2.45) is 4.99 Å². The number of rotatable bonds is 5. The molecule has 7 nitrogen and oxygen atoms in total. The van der Waals surface area contributed by atoms with E-state index in [4.69, 9.17) is 9.73 Å². The van der Waals surface area contributed by atoms with Crippen molar-refractivity contribution >= 4 is 38.1 Å². The Morgan fingerprint density at radius 3 is 2.68 bits per heavy atom. The molecule has 34 heavy (non-hydrogen) atoms. The summed E-state index contributed by atoms with van der Waals surface area (Å²) in [5.74, 6) is 0.793. The topological polar surface area (TPSA) is 83.9 Å². The monoisotopic (exact) mass is 472 g/mol. The Morgan fingerprint density at radius 2 is 1.82 bits per heavy atom. The molecule has 5 rings (SSSR count). The molecule has 0 amide bonds. The van der Waals surface area contributed by atoms with E-state index in [0.29, 0.717) is 23.7 Å². The van der Waals surface area contributed by atoms with E-state index in [1.807, 2.05) is 56.3 Å². The van der Waals surface area contributed by atoms with Gasteiger partial charge in [-0.15, -0.1) is 0 Å². The van der Waals surface area contributed by atoms with Gasteiger partial charge >= 0.3 is 0 Å². The van der Waals surface area contributed by atoms with Gasteiger partial charge in [-0.25, -0.2) is 17.7 Å². The zero-order chi connectivity index (χ0) is 23.7. The Labute approximate surface area is 198 Å². The van der Waals surface area contributed by atoms with E-state index < -0.39 is 10.0 Å². The molecule has 0 atom stereocenters. The fourth-order valence-corrected chi connectivity index (χ4v) is 5.49. The quantitative estimate of drug-likeness (QED) is 0.432. The van der Waals surface area contributed by atoms with Crippen molar-refractivity contribution in [1.29, 1.82) is 0 Å². The highest BCUT2D eigenvalue weighted by Gasteiger charge is 2.37. The maximum absolute atomic E-state index is 13.7. The van der Waals surface area contributed by atoms with Gasteiger partial charge in [-0.2, -0.15) is 0 Å².